The van der Waals surface area contributed by atoms with Crippen molar-refractivity contribution >= 4 is 5.91 Å². The first-order valence-corrected chi connectivity index (χ1v) is 9.10. The Morgan fingerprint density at radius 1 is 1.40 bits per heavy atom. The Hall–Kier alpha value is -2.14. The summed E-state index contributed by atoms with van der Waals surface area (Å²) in [6.45, 7) is 4.69. The highest BCUT2D eigenvalue weighted by molar-refractivity contribution is 5.92. The molecule has 0 saturated heterocycles. The Balaban J connectivity index is 1.58. The van der Waals surface area contributed by atoms with E-state index in [4.69, 9.17) is 0 Å². The van der Waals surface area contributed by atoms with Gasteiger partial charge in [0.1, 0.15) is 5.69 Å². The van der Waals surface area contributed by atoms with E-state index >= 15 is 0 Å². The summed E-state index contributed by atoms with van der Waals surface area (Å²) in [7, 11) is 0. The van der Waals surface area contributed by atoms with Crippen molar-refractivity contribution in [3.05, 3.63) is 52.8 Å². The van der Waals surface area contributed by atoms with Crippen LogP contribution in [0.3, 0.4) is 0 Å². The molecule has 2 unspecified atom stereocenters. The van der Waals surface area contributed by atoms with Gasteiger partial charge in [0.15, 0.2) is 0 Å². The van der Waals surface area contributed by atoms with Gasteiger partial charge in [0.2, 0.25) is 0 Å². The zero-order valence-electron chi connectivity index (χ0n) is 15.0. The van der Waals surface area contributed by atoms with Gasteiger partial charge in [-0.3, -0.25) is 9.48 Å². The summed E-state index contributed by atoms with van der Waals surface area (Å²) in [6.07, 6.45) is 3.99. The number of benzene rings is 1. The van der Waals surface area contributed by atoms with E-state index in [1.165, 1.54) is 11.1 Å². The summed E-state index contributed by atoms with van der Waals surface area (Å²) in [6, 6.07) is 10.5. The van der Waals surface area contributed by atoms with Gasteiger partial charge in [-0.05, 0) is 51.2 Å². The van der Waals surface area contributed by atoms with E-state index in [2.05, 4.69) is 48.5 Å². The first-order chi connectivity index (χ1) is 12.1. The number of hydrogen-bond donors (Lipinski definition) is 2. The third kappa shape index (κ3) is 4.28. The number of aliphatic hydroxyl groups is 1. The smallest absolute Gasteiger partial charge is 0.271 e. The molecule has 3 rings (SSSR count). The van der Waals surface area contributed by atoms with Crippen LogP contribution in [-0.2, 0) is 12.8 Å². The highest BCUT2D eigenvalue weighted by Gasteiger charge is 2.21. The van der Waals surface area contributed by atoms with E-state index in [0.717, 1.165) is 31.4 Å². The Morgan fingerprint density at radius 2 is 2.16 bits per heavy atom. The maximum atomic E-state index is 12.4. The number of aliphatic hydroxyl groups excluding tert-OH is 1. The summed E-state index contributed by atoms with van der Waals surface area (Å²) < 4.78 is 1.98. The van der Waals surface area contributed by atoms with E-state index in [0.29, 0.717) is 18.3 Å². The van der Waals surface area contributed by atoms with Crippen LogP contribution in [0.1, 0.15) is 53.1 Å². The molecule has 1 aliphatic heterocycles. The molecular weight excluding hydrogens is 314 g/mol. The molecule has 0 spiro atoms. The Morgan fingerprint density at radius 3 is 2.84 bits per heavy atom. The van der Waals surface area contributed by atoms with E-state index < -0.39 is 0 Å². The number of hydrogen-bond acceptors (Lipinski definition) is 3. The SMILES string of the molecule is Cc1ccc(CC(CO)CNC(=O)c2cc3n(n2)C(C)CCC3)cc1. The standard InChI is InChI=1S/C20H27N3O2/c1-14-6-8-16(9-7-14)10-17(13-24)12-21-20(25)19-11-18-5-3-4-15(2)23(18)22-19/h6-9,11,15,17,24H,3-5,10,12-13H2,1-2H3,(H,21,25). The molecule has 0 bridgehead atoms. The summed E-state index contributed by atoms with van der Waals surface area (Å²) in [5, 5.41) is 17.0. The molecule has 2 atom stereocenters. The second-order valence-corrected chi connectivity index (χ2v) is 7.16. The van der Waals surface area contributed by atoms with Crippen molar-refractivity contribution in [2.24, 2.45) is 5.92 Å². The Bertz CT molecular complexity index is 721. The average Bonchev–Trinajstić information content (AvgIpc) is 3.06. The monoisotopic (exact) mass is 341 g/mol. The molecule has 134 valence electrons. The molecule has 1 aromatic carbocycles. The summed E-state index contributed by atoms with van der Waals surface area (Å²) in [4.78, 5) is 12.4. The molecule has 1 amide bonds. The lowest BCUT2D eigenvalue weighted by molar-refractivity contribution is 0.0934. The molecular formula is C20H27N3O2. The van der Waals surface area contributed by atoms with Crippen molar-refractivity contribution < 1.29 is 9.90 Å². The highest BCUT2D eigenvalue weighted by Crippen LogP contribution is 2.24. The molecule has 0 radical (unpaired) electrons. The van der Waals surface area contributed by atoms with Crippen molar-refractivity contribution in [1.29, 1.82) is 0 Å². The predicted molar refractivity (Wildman–Crippen MR) is 97.7 cm³/mol. The Labute approximate surface area is 149 Å². The van der Waals surface area contributed by atoms with Crippen LogP contribution in [0.15, 0.2) is 30.3 Å². The first-order valence-electron chi connectivity index (χ1n) is 9.10. The number of aromatic nitrogens is 2. The van der Waals surface area contributed by atoms with Crippen LogP contribution in [0.2, 0.25) is 0 Å². The van der Waals surface area contributed by atoms with Gasteiger partial charge in [0.05, 0.1) is 0 Å². The normalized spacial score (nSPS) is 17.8. The number of amides is 1. The van der Waals surface area contributed by atoms with Gasteiger partial charge in [-0.2, -0.15) is 5.10 Å². The highest BCUT2D eigenvalue weighted by atomic mass is 16.3. The van der Waals surface area contributed by atoms with Crippen LogP contribution in [0, 0.1) is 12.8 Å². The van der Waals surface area contributed by atoms with Crippen LogP contribution in [0.5, 0.6) is 0 Å². The zero-order valence-corrected chi connectivity index (χ0v) is 15.0. The van der Waals surface area contributed by atoms with Gasteiger partial charge in [-0.1, -0.05) is 29.8 Å². The topological polar surface area (TPSA) is 67.2 Å². The van der Waals surface area contributed by atoms with Gasteiger partial charge in [0.25, 0.3) is 5.91 Å². The minimum absolute atomic E-state index is 0.00261. The summed E-state index contributed by atoms with van der Waals surface area (Å²) in [5.41, 5.74) is 4.01. The van der Waals surface area contributed by atoms with Crippen LogP contribution >= 0.6 is 0 Å². The third-order valence-electron chi connectivity index (χ3n) is 4.97. The maximum absolute atomic E-state index is 12.4. The van der Waals surface area contributed by atoms with Gasteiger partial charge in [-0.15, -0.1) is 0 Å². The lowest BCUT2D eigenvalue weighted by atomic mass is 9.99. The fourth-order valence-corrected chi connectivity index (χ4v) is 3.40. The second-order valence-electron chi connectivity index (χ2n) is 7.16. The molecule has 0 saturated carbocycles. The Kier molecular flexibility index (Phi) is 5.53. The van der Waals surface area contributed by atoms with Crippen LogP contribution < -0.4 is 5.32 Å². The van der Waals surface area contributed by atoms with Crippen molar-refractivity contribution in [2.75, 3.05) is 13.2 Å². The number of nitrogens with one attached hydrogen (secondary N) is 1. The number of carbonyl (C=O) groups excluding carboxylic acids is 1. The predicted octanol–water partition coefficient (Wildman–Crippen LogP) is 2.67. The average molecular weight is 341 g/mol. The van der Waals surface area contributed by atoms with Crippen LogP contribution in [0.4, 0.5) is 0 Å². The van der Waals surface area contributed by atoms with Crippen LogP contribution in [0.25, 0.3) is 0 Å². The van der Waals surface area contributed by atoms with Gasteiger partial charge in [0, 0.05) is 30.8 Å². The molecule has 0 fully saturated rings. The van der Waals surface area contributed by atoms with Gasteiger partial charge >= 0.3 is 0 Å². The molecule has 1 aliphatic rings. The molecule has 2 aromatic rings. The number of fused-ring (bicyclic) bond motifs is 1. The van der Waals surface area contributed by atoms with Crippen molar-refractivity contribution in [3.8, 4) is 0 Å². The fourth-order valence-electron chi connectivity index (χ4n) is 3.40. The van der Waals surface area contributed by atoms with Gasteiger partial charge in [-0.25, -0.2) is 0 Å². The van der Waals surface area contributed by atoms with Crippen molar-refractivity contribution in [1.82, 2.24) is 15.1 Å². The minimum atomic E-state index is -0.156. The van der Waals surface area contributed by atoms with E-state index in [1.54, 1.807) is 0 Å². The maximum Gasteiger partial charge on any atom is 0.271 e. The second kappa shape index (κ2) is 7.83. The number of aryl methyl sites for hydroxylation is 2. The molecule has 2 N–H and O–H groups in total. The first kappa shape index (κ1) is 17.7. The van der Waals surface area contributed by atoms with Gasteiger partial charge < -0.3 is 10.4 Å². The fraction of sp³-hybridized carbons (Fsp3) is 0.500. The van der Waals surface area contributed by atoms with Crippen molar-refractivity contribution in [3.63, 3.8) is 0 Å². The molecule has 0 aliphatic carbocycles. The molecule has 2 heterocycles. The molecule has 1 aromatic heterocycles. The molecule has 25 heavy (non-hydrogen) atoms. The third-order valence-corrected chi connectivity index (χ3v) is 4.97. The quantitative estimate of drug-likeness (QED) is 0.849. The van der Waals surface area contributed by atoms with Crippen molar-refractivity contribution in [2.45, 2.75) is 45.6 Å². The van der Waals surface area contributed by atoms with E-state index in [1.807, 2.05) is 10.7 Å². The van der Waals surface area contributed by atoms with Crippen LogP contribution in [-0.4, -0.2) is 33.9 Å². The van der Waals surface area contributed by atoms with E-state index in [9.17, 15) is 9.90 Å². The zero-order chi connectivity index (χ0) is 17.8. The lowest BCUT2D eigenvalue weighted by Gasteiger charge is -2.20. The molecule has 5 heteroatoms. The summed E-state index contributed by atoms with van der Waals surface area (Å²) in [5.74, 6) is -0.153. The number of carbonyl (C=O) groups is 1. The van der Waals surface area contributed by atoms with E-state index in [-0.39, 0.29) is 18.4 Å². The lowest BCUT2D eigenvalue weighted by Crippen LogP contribution is -2.32. The largest absolute Gasteiger partial charge is 0.396 e. The number of nitrogens with zero attached hydrogens (tertiary/aromatic N) is 2. The summed E-state index contributed by atoms with van der Waals surface area (Å²) >= 11 is 0. The minimum Gasteiger partial charge on any atom is -0.396 e. The number of rotatable bonds is 6. The molecule has 5 nitrogen and oxygen atoms in total.